The fourth-order valence-electron chi connectivity index (χ4n) is 4.40. The molecule has 3 saturated heterocycles. The van der Waals surface area contributed by atoms with Crippen molar-refractivity contribution in [3.05, 3.63) is 18.5 Å². The van der Waals surface area contributed by atoms with E-state index in [1.54, 1.807) is 12.4 Å². The number of hydrogen-bond acceptors (Lipinski definition) is 5. The van der Waals surface area contributed by atoms with Crippen LogP contribution in [-0.2, 0) is 4.79 Å². The van der Waals surface area contributed by atoms with Crippen LogP contribution in [0.4, 0.5) is 5.95 Å². The zero-order valence-electron chi connectivity index (χ0n) is 14.3. The van der Waals surface area contributed by atoms with Gasteiger partial charge in [-0.3, -0.25) is 9.69 Å². The van der Waals surface area contributed by atoms with Gasteiger partial charge < -0.3 is 9.80 Å². The minimum atomic E-state index is 0.181. The maximum absolute atomic E-state index is 12.9. The molecule has 0 aliphatic carbocycles. The maximum atomic E-state index is 12.9. The second kappa shape index (κ2) is 7.05. The number of carbonyl (C=O) groups is 1. The molecule has 1 atom stereocenters. The molecule has 0 unspecified atom stereocenters. The first kappa shape index (κ1) is 15.8. The third-order valence-corrected chi connectivity index (χ3v) is 5.83. The average Bonchev–Trinajstić information content (AvgIpc) is 2.68. The standard InChI is InChI=1S/C18H27N5O/c24-17(23-13-12-21-9-2-1-4-16(21)14-23)15-5-10-22(11-6-15)18-19-7-3-8-20-18/h3,7-8,15-16H,1-2,4-6,9-14H2/t16-/m1/s1. The molecule has 0 radical (unpaired) electrons. The lowest BCUT2D eigenvalue weighted by Crippen LogP contribution is -2.57. The van der Waals surface area contributed by atoms with E-state index >= 15 is 0 Å². The van der Waals surface area contributed by atoms with Crippen molar-refractivity contribution >= 4 is 11.9 Å². The first-order valence-electron chi connectivity index (χ1n) is 9.36. The smallest absolute Gasteiger partial charge is 0.225 e. The molecule has 3 fully saturated rings. The SMILES string of the molecule is O=C(C1CCN(c2ncccn2)CC1)N1CCN2CCCC[C@@H]2C1. The van der Waals surface area contributed by atoms with Crippen LogP contribution in [0.2, 0.25) is 0 Å². The number of aromatic nitrogens is 2. The minimum absolute atomic E-state index is 0.181. The molecule has 1 aromatic rings. The Kier molecular flexibility index (Phi) is 4.65. The molecule has 4 heterocycles. The van der Waals surface area contributed by atoms with Gasteiger partial charge in [-0.25, -0.2) is 9.97 Å². The topological polar surface area (TPSA) is 52.6 Å². The quantitative estimate of drug-likeness (QED) is 0.821. The lowest BCUT2D eigenvalue weighted by Gasteiger charge is -2.45. The number of piperidine rings is 2. The highest BCUT2D eigenvalue weighted by Crippen LogP contribution is 2.26. The van der Waals surface area contributed by atoms with Gasteiger partial charge in [-0.1, -0.05) is 6.42 Å². The molecular formula is C18H27N5O. The second-order valence-electron chi connectivity index (χ2n) is 7.28. The molecule has 4 rings (SSSR count). The van der Waals surface area contributed by atoms with Gasteiger partial charge in [-0.05, 0) is 38.3 Å². The molecule has 1 aromatic heterocycles. The fraction of sp³-hybridized carbons (Fsp3) is 0.722. The lowest BCUT2D eigenvalue weighted by molar-refractivity contribution is -0.139. The van der Waals surface area contributed by atoms with E-state index in [0.717, 1.165) is 51.5 Å². The highest BCUT2D eigenvalue weighted by molar-refractivity contribution is 5.79. The summed E-state index contributed by atoms with van der Waals surface area (Å²) in [5.74, 6) is 1.35. The van der Waals surface area contributed by atoms with Gasteiger partial charge in [0.1, 0.15) is 0 Å². The van der Waals surface area contributed by atoms with E-state index in [9.17, 15) is 4.79 Å². The normalized spacial score (nSPS) is 26.2. The van der Waals surface area contributed by atoms with Gasteiger partial charge in [-0.15, -0.1) is 0 Å². The number of piperazine rings is 1. The number of amides is 1. The van der Waals surface area contributed by atoms with Crippen molar-refractivity contribution in [2.24, 2.45) is 5.92 Å². The molecule has 0 spiro atoms. The molecule has 24 heavy (non-hydrogen) atoms. The van der Waals surface area contributed by atoms with Gasteiger partial charge >= 0.3 is 0 Å². The molecule has 1 amide bonds. The third-order valence-electron chi connectivity index (χ3n) is 5.83. The zero-order valence-corrected chi connectivity index (χ0v) is 14.3. The number of anilines is 1. The summed E-state index contributed by atoms with van der Waals surface area (Å²) in [7, 11) is 0. The number of fused-ring (bicyclic) bond motifs is 1. The number of hydrogen-bond donors (Lipinski definition) is 0. The molecule has 0 aromatic carbocycles. The highest BCUT2D eigenvalue weighted by atomic mass is 16.2. The van der Waals surface area contributed by atoms with E-state index < -0.39 is 0 Å². The van der Waals surface area contributed by atoms with Crippen molar-refractivity contribution in [2.45, 2.75) is 38.1 Å². The molecule has 6 nitrogen and oxygen atoms in total. The van der Waals surface area contributed by atoms with Crippen LogP contribution in [0.15, 0.2) is 18.5 Å². The van der Waals surface area contributed by atoms with Crippen LogP contribution in [0.25, 0.3) is 0 Å². The summed E-state index contributed by atoms with van der Waals surface area (Å²) in [5, 5.41) is 0. The van der Waals surface area contributed by atoms with E-state index in [0.29, 0.717) is 11.9 Å². The van der Waals surface area contributed by atoms with Crippen molar-refractivity contribution in [3.8, 4) is 0 Å². The van der Waals surface area contributed by atoms with Crippen LogP contribution in [0.3, 0.4) is 0 Å². The summed E-state index contributed by atoms with van der Waals surface area (Å²) in [6, 6.07) is 2.44. The molecule has 6 heteroatoms. The van der Waals surface area contributed by atoms with Crippen molar-refractivity contribution in [1.82, 2.24) is 19.8 Å². The number of rotatable bonds is 2. The summed E-state index contributed by atoms with van der Waals surface area (Å²) in [6.45, 7) is 5.90. The van der Waals surface area contributed by atoms with Crippen LogP contribution < -0.4 is 4.90 Å². The number of carbonyl (C=O) groups excluding carboxylic acids is 1. The Morgan fingerprint density at radius 1 is 0.958 bits per heavy atom. The molecule has 0 saturated carbocycles. The van der Waals surface area contributed by atoms with Crippen molar-refractivity contribution in [3.63, 3.8) is 0 Å². The number of nitrogens with zero attached hydrogens (tertiary/aromatic N) is 5. The second-order valence-corrected chi connectivity index (χ2v) is 7.28. The Hall–Kier alpha value is -1.69. The Morgan fingerprint density at radius 2 is 1.75 bits per heavy atom. The Labute approximate surface area is 143 Å². The first-order valence-corrected chi connectivity index (χ1v) is 9.36. The lowest BCUT2D eigenvalue weighted by atomic mass is 9.93. The van der Waals surface area contributed by atoms with Crippen molar-refractivity contribution < 1.29 is 4.79 Å². The van der Waals surface area contributed by atoms with E-state index in [2.05, 4.69) is 24.7 Å². The average molecular weight is 329 g/mol. The highest BCUT2D eigenvalue weighted by Gasteiger charge is 2.35. The largest absolute Gasteiger partial charge is 0.341 e. The van der Waals surface area contributed by atoms with Crippen molar-refractivity contribution in [1.29, 1.82) is 0 Å². The van der Waals surface area contributed by atoms with Gasteiger partial charge in [0, 0.05) is 57.1 Å². The molecular weight excluding hydrogens is 302 g/mol. The third kappa shape index (κ3) is 3.24. The van der Waals surface area contributed by atoms with Gasteiger partial charge in [0.2, 0.25) is 11.9 Å². The monoisotopic (exact) mass is 329 g/mol. The summed E-state index contributed by atoms with van der Waals surface area (Å²) in [5.41, 5.74) is 0. The van der Waals surface area contributed by atoms with Crippen LogP contribution >= 0.6 is 0 Å². The molecule has 0 bridgehead atoms. The summed E-state index contributed by atoms with van der Waals surface area (Å²) in [6.07, 6.45) is 9.30. The van der Waals surface area contributed by atoms with Gasteiger partial charge in [0.15, 0.2) is 0 Å². The Bertz CT molecular complexity index is 558. The Balaban J connectivity index is 1.31. The van der Waals surface area contributed by atoms with E-state index in [4.69, 9.17) is 0 Å². The van der Waals surface area contributed by atoms with E-state index in [1.807, 2.05) is 6.07 Å². The zero-order chi connectivity index (χ0) is 16.4. The van der Waals surface area contributed by atoms with Gasteiger partial charge in [-0.2, -0.15) is 0 Å². The van der Waals surface area contributed by atoms with Crippen LogP contribution in [-0.4, -0.2) is 71.0 Å². The van der Waals surface area contributed by atoms with E-state index in [1.165, 1.54) is 25.8 Å². The first-order chi connectivity index (χ1) is 11.8. The van der Waals surface area contributed by atoms with E-state index in [-0.39, 0.29) is 5.92 Å². The molecule has 3 aliphatic rings. The molecule has 130 valence electrons. The summed E-state index contributed by atoms with van der Waals surface area (Å²) >= 11 is 0. The van der Waals surface area contributed by atoms with Crippen LogP contribution in [0.5, 0.6) is 0 Å². The summed E-state index contributed by atoms with van der Waals surface area (Å²) < 4.78 is 0. The van der Waals surface area contributed by atoms with Crippen LogP contribution in [0, 0.1) is 5.92 Å². The molecule has 3 aliphatic heterocycles. The van der Waals surface area contributed by atoms with Crippen molar-refractivity contribution in [2.75, 3.05) is 44.2 Å². The van der Waals surface area contributed by atoms with Gasteiger partial charge in [0.25, 0.3) is 0 Å². The fourth-order valence-corrected chi connectivity index (χ4v) is 4.40. The minimum Gasteiger partial charge on any atom is -0.341 e. The predicted octanol–water partition coefficient (Wildman–Crippen LogP) is 1.39. The maximum Gasteiger partial charge on any atom is 0.225 e. The predicted molar refractivity (Wildman–Crippen MR) is 92.8 cm³/mol. The van der Waals surface area contributed by atoms with Crippen LogP contribution in [0.1, 0.15) is 32.1 Å². The Morgan fingerprint density at radius 3 is 2.54 bits per heavy atom. The van der Waals surface area contributed by atoms with Gasteiger partial charge in [0.05, 0.1) is 0 Å². The molecule has 0 N–H and O–H groups in total. The summed E-state index contributed by atoms with van der Waals surface area (Å²) in [4.78, 5) is 28.5.